The Kier molecular flexibility index (Phi) is 7.47. The predicted octanol–water partition coefficient (Wildman–Crippen LogP) is 3.08. The van der Waals surface area contributed by atoms with Crippen LogP contribution in [0.15, 0.2) is 65.7 Å². The maximum Gasteiger partial charge on any atom is 0.350 e. The van der Waals surface area contributed by atoms with Crippen LogP contribution in [0.25, 0.3) is 5.69 Å². The lowest BCUT2D eigenvalue weighted by Crippen LogP contribution is -2.48. The van der Waals surface area contributed by atoms with Gasteiger partial charge in [0.15, 0.2) is 0 Å². The van der Waals surface area contributed by atoms with Crippen molar-refractivity contribution in [1.29, 1.82) is 0 Å². The van der Waals surface area contributed by atoms with Crippen molar-refractivity contribution >= 4 is 11.7 Å². The summed E-state index contributed by atoms with van der Waals surface area (Å²) in [7, 11) is 0. The third kappa shape index (κ3) is 5.22. The highest BCUT2D eigenvalue weighted by atomic mass is 16.5. The smallest absolute Gasteiger partial charge is 0.350 e. The number of carbonyl (C=O) groups is 1. The van der Waals surface area contributed by atoms with Gasteiger partial charge in [-0.15, -0.1) is 0 Å². The van der Waals surface area contributed by atoms with Gasteiger partial charge in [-0.1, -0.05) is 30.3 Å². The van der Waals surface area contributed by atoms with Crippen LogP contribution in [-0.2, 0) is 9.53 Å². The van der Waals surface area contributed by atoms with Gasteiger partial charge in [0.25, 0.3) is 0 Å². The number of rotatable bonds is 8. The van der Waals surface area contributed by atoms with Gasteiger partial charge in [0, 0.05) is 38.4 Å². The number of benzene rings is 2. The van der Waals surface area contributed by atoms with Crippen molar-refractivity contribution in [3.8, 4) is 5.69 Å². The lowest BCUT2D eigenvalue weighted by molar-refractivity contribution is -0.145. The maximum atomic E-state index is 12.6. The number of esters is 1. The summed E-state index contributed by atoms with van der Waals surface area (Å²) in [4.78, 5) is 29.8. The Bertz CT molecular complexity index is 1130. The van der Waals surface area contributed by atoms with Crippen molar-refractivity contribution in [2.45, 2.75) is 32.7 Å². The summed E-state index contributed by atoms with van der Waals surface area (Å²) in [6, 6.07) is 17.9. The molecule has 0 spiro atoms. The molecule has 1 aliphatic rings. The summed E-state index contributed by atoms with van der Waals surface area (Å²) < 4.78 is 8.40. The molecule has 0 radical (unpaired) electrons. The maximum absolute atomic E-state index is 12.6. The van der Waals surface area contributed by atoms with Crippen LogP contribution in [0.2, 0.25) is 0 Å². The van der Waals surface area contributed by atoms with Gasteiger partial charge in [0.05, 0.1) is 24.3 Å². The molecule has 1 fully saturated rings. The second-order valence-electron chi connectivity index (χ2n) is 8.84. The van der Waals surface area contributed by atoms with Crippen LogP contribution in [0.1, 0.15) is 38.3 Å². The Hall–Kier alpha value is -3.39. The summed E-state index contributed by atoms with van der Waals surface area (Å²) in [5, 5.41) is 4.20. The molecule has 1 unspecified atom stereocenters. The van der Waals surface area contributed by atoms with E-state index in [0.29, 0.717) is 13.2 Å². The number of piperazine rings is 1. The molecule has 4 rings (SSSR count). The van der Waals surface area contributed by atoms with E-state index in [1.807, 2.05) is 63.2 Å². The van der Waals surface area contributed by atoms with Crippen molar-refractivity contribution in [3.63, 3.8) is 0 Å². The predicted molar refractivity (Wildman–Crippen MR) is 133 cm³/mol. The van der Waals surface area contributed by atoms with Gasteiger partial charge in [-0.05, 0) is 50.6 Å². The summed E-state index contributed by atoms with van der Waals surface area (Å²) >= 11 is 0. The topological polar surface area (TPSA) is 72.6 Å². The van der Waals surface area contributed by atoms with Crippen LogP contribution in [-0.4, -0.2) is 64.5 Å². The van der Waals surface area contributed by atoms with E-state index in [2.05, 4.69) is 27.0 Å². The average Bonchev–Trinajstić information content (AvgIpc) is 3.25. The normalized spacial score (nSPS) is 15.5. The zero-order valence-electron chi connectivity index (χ0n) is 20.1. The monoisotopic (exact) mass is 463 g/mol. The molecule has 0 amide bonds. The minimum atomic E-state index is -0.281. The number of ether oxygens (including phenoxy) is 1. The van der Waals surface area contributed by atoms with Crippen molar-refractivity contribution in [1.82, 2.24) is 19.2 Å². The lowest BCUT2D eigenvalue weighted by atomic mass is 9.98. The van der Waals surface area contributed by atoms with Gasteiger partial charge in [0.2, 0.25) is 0 Å². The Morgan fingerprint density at radius 2 is 1.62 bits per heavy atom. The second kappa shape index (κ2) is 10.7. The Balaban J connectivity index is 1.38. The van der Waals surface area contributed by atoms with E-state index < -0.39 is 0 Å². The molecule has 1 atom stereocenters. The van der Waals surface area contributed by atoms with E-state index in [9.17, 15) is 9.59 Å². The first-order chi connectivity index (χ1) is 16.5. The summed E-state index contributed by atoms with van der Waals surface area (Å²) in [6.07, 6.45) is 1.57. The first-order valence-corrected chi connectivity index (χ1v) is 11.9. The fourth-order valence-corrected chi connectivity index (χ4v) is 4.36. The molecule has 1 aliphatic heterocycles. The highest BCUT2D eigenvalue weighted by Gasteiger charge is 2.27. The van der Waals surface area contributed by atoms with Crippen molar-refractivity contribution in [2.24, 2.45) is 0 Å². The number of hydrogen-bond donors (Lipinski definition) is 0. The zero-order chi connectivity index (χ0) is 24.1. The average molecular weight is 464 g/mol. The van der Waals surface area contributed by atoms with Crippen LogP contribution >= 0.6 is 0 Å². The van der Waals surface area contributed by atoms with E-state index in [4.69, 9.17) is 4.74 Å². The third-order valence-electron chi connectivity index (χ3n) is 6.26. The summed E-state index contributed by atoms with van der Waals surface area (Å²) in [5.41, 5.74) is 2.79. The minimum absolute atomic E-state index is 0.0228. The van der Waals surface area contributed by atoms with Gasteiger partial charge >= 0.3 is 11.7 Å². The van der Waals surface area contributed by atoms with E-state index in [-0.39, 0.29) is 23.6 Å². The molecule has 1 saturated heterocycles. The number of aromatic nitrogens is 3. The number of hydrogen-bond acceptors (Lipinski definition) is 6. The fraction of sp³-hybridized carbons (Fsp3) is 0.423. The van der Waals surface area contributed by atoms with Crippen LogP contribution in [0.5, 0.6) is 0 Å². The molecule has 0 aliphatic carbocycles. The van der Waals surface area contributed by atoms with E-state index in [1.165, 1.54) is 4.68 Å². The summed E-state index contributed by atoms with van der Waals surface area (Å²) in [5.74, 6) is -0.445. The van der Waals surface area contributed by atoms with Crippen LogP contribution in [0.4, 0.5) is 5.69 Å². The quantitative estimate of drug-likeness (QED) is 0.478. The highest BCUT2D eigenvalue weighted by molar-refractivity contribution is 5.78. The van der Waals surface area contributed by atoms with Crippen LogP contribution in [0, 0.1) is 0 Å². The van der Waals surface area contributed by atoms with E-state index >= 15 is 0 Å². The lowest BCUT2D eigenvalue weighted by Gasteiger charge is -2.37. The molecular weight excluding hydrogens is 430 g/mol. The fourth-order valence-electron chi connectivity index (χ4n) is 4.36. The zero-order valence-corrected chi connectivity index (χ0v) is 20.1. The second-order valence-corrected chi connectivity index (χ2v) is 8.84. The van der Waals surface area contributed by atoms with Gasteiger partial charge in [-0.3, -0.25) is 9.69 Å². The molecule has 8 nitrogen and oxygen atoms in total. The van der Waals surface area contributed by atoms with E-state index in [0.717, 1.165) is 43.1 Å². The van der Waals surface area contributed by atoms with Crippen LogP contribution in [0.3, 0.4) is 0 Å². The molecule has 0 N–H and O–H groups in total. The molecule has 0 saturated carbocycles. The van der Waals surface area contributed by atoms with Crippen molar-refractivity contribution < 1.29 is 9.53 Å². The molecule has 0 bridgehead atoms. The number of anilines is 1. The van der Waals surface area contributed by atoms with Gasteiger partial charge < -0.3 is 9.64 Å². The Labute approximate surface area is 200 Å². The van der Waals surface area contributed by atoms with Gasteiger partial charge in [-0.2, -0.15) is 5.10 Å². The largest absolute Gasteiger partial charge is 0.465 e. The standard InChI is InChI=1S/C26H33N5O3/c1-4-34-25(32)24(21-8-6-5-7-9-21)18-28-14-16-29(17-15-28)22-10-12-23(13-11-22)30-19-27-31(20(2)3)26(30)33/h5-13,19-20,24H,4,14-18H2,1-3H3. The SMILES string of the molecule is CCOC(=O)C(CN1CCN(c2ccc(-n3cnn(C(C)C)c3=O)cc2)CC1)c1ccccc1. The molecule has 34 heavy (non-hydrogen) atoms. The van der Waals surface area contributed by atoms with Crippen LogP contribution < -0.4 is 10.6 Å². The first kappa shape index (κ1) is 23.8. The van der Waals surface area contributed by atoms with Gasteiger partial charge in [-0.25, -0.2) is 14.0 Å². The first-order valence-electron chi connectivity index (χ1n) is 11.9. The molecule has 2 heterocycles. The molecule has 8 heteroatoms. The van der Waals surface area contributed by atoms with Gasteiger partial charge in [0.1, 0.15) is 6.33 Å². The van der Waals surface area contributed by atoms with Crippen molar-refractivity contribution in [2.75, 3.05) is 44.2 Å². The number of carbonyl (C=O) groups excluding carboxylic acids is 1. The molecule has 180 valence electrons. The van der Waals surface area contributed by atoms with Crippen molar-refractivity contribution in [3.05, 3.63) is 77.0 Å². The van der Waals surface area contributed by atoms with E-state index in [1.54, 1.807) is 10.9 Å². The Morgan fingerprint density at radius 3 is 2.21 bits per heavy atom. The minimum Gasteiger partial charge on any atom is -0.465 e. The molecular formula is C26H33N5O3. The third-order valence-corrected chi connectivity index (χ3v) is 6.26. The highest BCUT2D eigenvalue weighted by Crippen LogP contribution is 2.22. The molecule has 3 aromatic rings. The molecule has 1 aromatic heterocycles. The summed E-state index contributed by atoms with van der Waals surface area (Å²) in [6.45, 7) is 10.2. The Morgan fingerprint density at radius 1 is 0.971 bits per heavy atom. The number of nitrogens with zero attached hydrogens (tertiary/aromatic N) is 5. The molecule has 2 aromatic carbocycles.